The second-order valence-corrected chi connectivity index (χ2v) is 16.0. The first-order chi connectivity index (χ1) is 29.0. The number of rotatable bonds is 6. The average molecular weight is 754 g/mol. The van der Waals surface area contributed by atoms with Crippen molar-refractivity contribution >= 4 is 21.5 Å². The molecular weight excluding hydrogens is 715 g/mol. The lowest BCUT2D eigenvalue weighted by molar-refractivity contribution is 0.660. The molecule has 0 unspecified atom stereocenters. The van der Waals surface area contributed by atoms with Gasteiger partial charge in [0.05, 0.1) is 0 Å². The monoisotopic (exact) mass is 753 g/mol. The molecule has 10 aromatic rings. The fraction of sp³-hybridized carbons (Fsp3) is 0.0536. The van der Waals surface area contributed by atoms with E-state index in [1.165, 1.54) is 60.7 Å². The number of benzene rings is 9. The summed E-state index contributed by atoms with van der Waals surface area (Å²) in [6, 6.07) is 71.7. The topological polar surface area (TPSA) is 38.7 Å². The molecule has 0 spiro atoms. The minimum atomic E-state index is -0.109. The molecule has 1 aliphatic rings. The van der Waals surface area contributed by atoms with Crippen molar-refractivity contribution in [1.82, 2.24) is 15.0 Å². The van der Waals surface area contributed by atoms with E-state index in [1.807, 2.05) is 30.3 Å². The van der Waals surface area contributed by atoms with Crippen LogP contribution in [0.5, 0.6) is 0 Å². The van der Waals surface area contributed by atoms with Crippen LogP contribution in [0.25, 0.3) is 100 Å². The highest BCUT2D eigenvalue weighted by Crippen LogP contribution is 2.52. The predicted octanol–water partition coefficient (Wildman–Crippen LogP) is 14.5. The van der Waals surface area contributed by atoms with Gasteiger partial charge in [-0.25, -0.2) is 15.0 Å². The largest absolute Gasteiger partial charge is 0.208 e. The Hall–Kier alpha value is -7.49. The van der Waals surface area contributed by atoms with Crippen LogP contribution in [0.2, 0.25) is 0 Å². The van der Waals surface area contributed by atoms with Gasteiger partial charge >= 0.3 is 0 Å². The van der Waals surface area contributed by atoms with E-state index in [0.717, 1.165) is 33.2 Å². The molecule has 1 aliphatic carbocycles. The van der Waals surface area contributed by atoms with Crippen molar-refractivity contribution in [3.8, 4) is 78.7 Å². The maximum atomic E-state index is 5.09. The lowest BCUT2D eigenvalue weighted by Gasteiger charge is -2.23. The normalized spacial score (nSPS) is 12.7. The Kier molecular flexibility index (Phi) is 8.16. The number of nitrogens with zero attached hydrogens (tertiary/aromatic N) is 3. The van der Waals surface area contributed by atoms with Crippen molar-refractivity contribution < 1.29 is 0 Å². The van der Waals surface area contributed by atoms with Crippen LogP contribution in [0, 0.1) is 0 Å². The van der Waals surface area contributed by atoms with Gasteiger partial charge in [-0.05, 0) is 101 Å². The molecular formula is C56H39N3. The molecule has 1 aromatic heterocycles. The molecule has 0 aliphatic heterocycles. The van der Waals surface area contributed by atoms with Gasteiger partial charge in [0, 0.05) is 22.1 Å². The maximum Gasteiger partial charge on any atom is 0.164 e. The molecule has 0 fully saturated rings. The molecule has 0 bridgehead atoms. The van der Waals surface area contributed by atoms with Crippen molar-refractivity contribution in [3.05, 3.63) is 211 Å². The van der Waals surface area contributed by atoms with Crippen molar-refractivity contribution in [2.45, 2.75) is 19.3 Å². The molecule has 0 atom stereocenters. The maximum absolute atomic E-state index is 5.09. The Morgan fingerprint density at radius 1 is 0.288 bits per heavy atom. The van der Waals surface area contributed by atoms with Crippen LogP contribution in [-0.4, -0.2) is 15.0 Å². The first kappa shape index (κ1) is 34.7. The summed E-state index contributed by atoms with van der Waals surface area (Å²) in [4.78, 5) is 15.1. The highest BCUT2D eigenvalue weighted by Gasteiger charge is 2.36. The van der Waals surface area contributed by atoms with Gasteiger partial charge in [-0.15, -0.1) is 0 Å². The Morgan fingerprint density at radius 2 is 0.847 bits per heavy atom. The van der Waals surface area contributed by atoms with E-state index in [-0.39, 0.29) is 5.41 Å². The van der Waals surface area contributed by atoms with Crippen molar-refractivity contribution in [1.29, 1.82) is 0 Å². The zero-order valence-corrected chi connectivity index (χ0v) is 32.9. The van der Waals surface area contributed by atoms with Crippen LogP contribution >= 0.6 is 0 Å². The molecule has 3 nitrogen and oxygen atoms in total. The van der Waals surface area contributed by atoms with Gasteiger partial charge < -0.3 is 0 Å². The van der Waals surface area contributed by atoms with Gasteiger partial charge in [-0.3, -0.25) is 0 Å². The molecule has 59 heavy (non-hydrogen) atoms. The number of fused-ring (bicyclic) bond motifs is 5. The van der Waals surface area contributed by atoms with Crippen LogP contribution in [0.4, 0.5) is 0 Å². The second kappa shape index (κ2) is 13.9. The van der Waals surface area contributed by atoms with E-state index in [2.05, 4.69) is 184 Å². The summed E-state index contributed by atoms with van der Waals surface area (Å²) in [6.45, 7) is 4.71. The SMILES string of the molecule is CC1(C)c2ccccc2-c2cc(-c3cccc4ccccc34)c(-c3ccc(-c4cccc(-c5nc(-c6ccccc6)nc(-c6ccc7ccccc7c6)n5)c4)cc3)cc21. The predicted molar refractivity (Wildman–Crippen MR) is 245 cm³/mol. The minimum absolute atomic E-state index is 0.109. The van der Waals surface area contributed by atoms with Crippen LogP contribution in [0.3, 0.4) is 0 Å². The van der Waals surface area contributed by atoms with E-state index in [4.69, 9.17) is 15.0 Å². The van der Waals surface area contributed by atoms with Gasteiger partial charge in [0.1, 0.15) is 0 Å². The Balaban J connectivity index is 1.01. The molecule has 278 valence electrons. The molecule has 1 heterocycles. The molecule has 0 amide bonds. The van der Waals surface area contributed by atoms with E-state index in [1.54, 1.807) is 0 Å². The van der Waals surface area contributed by atoms with Gasteiger partial charge in [0.2, 0.25) is 0 Å². The van der Waals surface area contributed by atoms with E-state index < -0.39 is 0 Å². The van der Waals surface area contributed by atoms with Gasteiger partial charge in [0.25, 0.3) is 0 Å². The third-order valence-electron chi connectivity index (χ3n) is 12.1. The summed E-state index contributed by atoms with van der Waals surface area (Å²) in [6.07, 6.45) is 0. The van der Waals surface area contributed by atoms with Gasteiger partial charge in [-0.2, -0.15) is 0 Å². The second-order valence-electron chi connectivity index (χ2n) is 16.0. The molecule has 11 rings (SSSR count). The Morgan fingerprint density at radius 3 is 1.66 bits per heavy atom. The molecule has 9 aromatic carbocycles. The quantitative estimate of drug-likeness (QED) is 0.170. The minimum Gasteiger partial charge on any atom is -0.208 e. The van der Waals surface area contributed by atoms with Crippen LogP contribution in [0.15, 0.2) is 200 Å². The number of aromatic nitrogens is 3. The number of hydrogen-bond donors (Lipinski definition) is 0. The molecule has 0 saturated carbocycles. The molecule has 0 saturated heterocycles. The molecule has 0 radical (unpaired) electrons. The molecule has 3 heteroatoms. The third kappa shape index (κ3) is 6.02. The average Bonchev–Trinajstić information content (AvgIpc) is 3.53. The summed E-state index contributed by atoms with van der Waals surface area (Å²) < 4.78 is 0. The van der Waals surface area contributed by atoms with Crippen LogP contribution < -0.4 is 0 Å². The fourth-order valence-corrected chi connectivity index (χ4v) is 9.03. The van der Waals surface area contributed by atoms with E-state index in [9.17, 15) is 0 Å². The van der Waals surface area contributed by atoms with E-state index >= 15 is 0 Å². The van der Waals surface area contributed by atoms with Crippen LogP contribution in [-0.2, 0) is 5.41 Å². The Bertz CT molecular complexity index is 3230. The first-order valence-electron chi connectivity index (χ1n) is 20.3. The highest BCUT2D eigenvalue weighted by atomic mass is 15.0. The van der Waals surface area contributed by atoms with Crippen molar-refractivity contribution in [2.75, 3.05) is 0 Å². The number of hydrogen-bond acceptors (Lipinski definition) is 3. The fourth-order valence-electron chi connectivity index (χ4n) is 9.03. The van der Waals surface area contributed by atoms with Crippen molar-refractivity contribution in [3.63, 3.8) is 0 Å². The van der Waals surface area contributed by atoms with Gasteiger partial charge in [-0.1, -0.05) is 190 Å². The zero-order valence-electron chi connectivity index (χ0n) is 32.9. The summed E-state index contributed by atoms with van der Waals surface area (Å²) in [7, 11) is 0. The summed E-state index contributed by atoms with van der Waals surface area (Å²) in [5.41, 5.74) is 15.3. The highest BCUT2D eigenvalue weighted by molar-refractivity contribution is 6.03. The van der Waals surface area contributed by atoms with Gasteiger partial charge in [0.15, 0.2) is 17.5 Å². The molecule has 0 N–H and O–H groups in total. The third-order valence-corrected chi connectivity index (χ3v) is 12.1. The van der Waals surface area contributed by atoms with Crippen LogP contribution in [0.1, 0.15) is 25.0 Å². The van der Waals surface area contributed by atoms with Crippen molar-refractivity contribution in [2.24, 2.45) is 0 Å². The lowest BCUT2D eigenvalue weighted by atomic mass is 9.80. The summed E-state index contributed by atoms with van der Waals surface area (Å²) in [5, 5.41) is 4.83. The Labute approximate surface area is 344 Å². The standard InChI is InChI=1S/C56H39N3/c1-56(2)51-25-11-10-23-47(51)50-34-49(46-24-13-19-38-15-8-9-22-45(38)46)48(35-52(50)56)39-29-26-37(27-30-39)42-20-12-21-43(32-42)54-57-53(40-16-4-3-5-17-40)58-55(59-54)44-31-28-36-14-6-7-18-41(36)33-44/h3-35H,1-2H3. The van der Waals surface area contributed by atoms with E-state index in [0.29, 0.717) is 17.5 Å². The lowest BCUT2D eigenvalue weighted by Crippen LogP contribution is -2.15. The summed E-state index contributed by atoms with van der Waals surface area (Å²) >= 11 is 0. The smallest absolute Gasteiger partial charge is 0.164 e. The first-order valence-corrected chi connectivity index (χ1v) is 20.3. The zero-order chi connectivity index (χ0) is 39.5. The summed E-state index contributed by atoms with van der Waals surface area (Å²) in [5.74, 6) is 1.94.